The number of halogens is 1. The zero-order chi connectivity index (χ0) is 15.5. The topological polar surface area (TPSA) is 75.1 Å². The van der Waals surface area contributed by atoms with E-state index in [1.165, 1.54) is 12.1 Å². The van der Waals surface area contributed by atoms with Crippen molar-refractivity contribution >= 4 is 22.6 Å². The first-order valence-corrected chi connectivity index (χ1v) is 6.62. The Hall–Kier alpha value is -3.02. The van der Waals surface area contributed by atoms with Crippen LogP contribution in [0.25, 0.3) is 22.0 Å². The second-order valence-electron chi connectivity index (χ2n) is 4.70. The zero-order valence-electron chi connectivity index (χ0n) is 11.5. The molecule has 6 heteroatoms. The van der Waals surface area contributed by atoms with Crippen LogP contribution in [0.4, 0.5) is 10.2 Å². The number of anilines is 1. The first-order valence-electron chi connectivity index (χ1n) is 6.62. The molecule has 5 nitrogen and oxygen atoms in total. The lowest BCUT2D eigenvalue weighted by molar-refractivity contribution is -0.134. The first-order chi connectivity index (χ1) is 10.6. The van der Waals surface area contributed by atoms with E-state index in [0.717, 1.165) is 16.3 Å². The molecular weight excluding hydrogens is 285 g/mol. The van der Waals surface area contributed by atoms with Gasteiger partial charge >= 0.3 is 5.97 Å². The van der Waals surface area contributed by atoms with Gasteiger partial charge in [0.1, 0.15) is 18.1 Å². The molecule has 1 heterocycles. The van der Waals surface area contributed by atoms with Crippen molar-refractivity contribution in [1.82, 2.24) is 10.2 Å². The molecule has 0 fully saturated rings. The van der Waals surface area contributed by atoms with Gasteiger partial charge in [-0.15, -0.1) is 10.2 Å². The molecule has 3 rings (SSSR count). The molecule has 0 amide bonds. The fourth-order valence-corrected chi connectivity index (χ4v) is 2.21. The summed E-state index contributed by atoms with van der Waals surface area (Å²) < 4.78 is 13.1. The molecule has 0 radical (unpaired) electrons. The number of nitrogens with one attached hydrogen (secondary N) is 1. The molecule has 0 atom stereocenters. The minimum atomic E-state index is -0.978. The molecule has 0 aliphatic heterocycles. The van der Waals surface area contributed by atoms with Crippen LogP contribution in [-0.4, -0.2) is 27.8 Å². The summed E-state index contributed by atoms with van der Waals surface area (Å²) in [4.78, 5) is 10.7. The van der Waals surface area contributed by atoms with E-state index >= 15 is 0 Å². The molecule has 2 N–H and O–H groups in total. The third-order valence-electron chi connectivity index (χ3n) is 3.21. The Morgan fingerprint density at radius 1 is 1.05 bits per heavy atom. The van der Waals surface area contributed by atoms with Crippen LogP contribution in [0.3, 0.4) is 0 Å². The number of fused-ring (bicyclic) bond motifs is 1. The lowest BCUT2D eigenvalue weighted by atomic mass is 10.0. The van der Waals surface area contributed by atoms with Crippen LogP contribution in [0, 0.1) is 5.82 Å². The average molecular weight is 297 g/mol. The number of aromatic nitrogens is 2. The van der Waals surface area contributed by atoms with E-state index in [0.29, 0.717) is 11.5 Å². The Balaban J connectivity index is 2.11. The van der Waals surface area contributed by atoms with E-state index < -0.39 is 5.97 Å². The van der Waals surface area contributed by atoms with Gasteiger partial charge in [0.25, 0.3) is 0 Å². The van der Waals surface area contributed by atoms with Gasteiger partial charge in [0.15, 0.2) is 5.82 Å². The van der Waals surface area contributed by atoms with Crippen LogP contribution in [0.2, 0.25) is 0 Å². The minimum absolute atomic E-state index is 0.241. The van der Waals surface area contributed by atoms with Gasteiger partial charge in [0.2, 0.25) is 0 Å². The van der Waals surface area contributed by atoms with Crippen LogP contribution in [-0.2, 0) is 4.79 Å². The normalized spacial score (nSPS) is 10.6. The Kier molecular flexibility index (Phi) is 3.65. The molecular formula is C16H12FN3O2. The lowest BCUT2D eigenvalue weighted by Gasteiger charge is -2.10. The van der Waals surface area contributed by atoms with Crippen molar-refractivity contribution in [2.45, 2.75) is 0 Å². The van der Waals surface area contributed by atoms with E-state index in [1.54, 1.807) is 12.1 Å². The molecule has 0 aliphatic carbocycles. The maximum absolute atomic E-state index is 13.1. The number of rotatable bonds is 4. The summed E-state index contributed by atoms with van der Waals surface area (Å²) in [5, 5.41) is 21.3. The van der Waals surface area contributed by atoms with E-state index in [1.807, 2.05) is 24.3 Å². The van der Waals surface area contributed by atoms with Crippen molar-refractivity contribution in [3.63, 3.8) is 0 Å². The fraction of sp³-hybridized carbons (Fsp3) is 0.0625. The van der Waals surface area contributed by atoms with Gasteiger partial charge in [-0.1, -0.05) is 24.3 Å². The summed E-state index contributed by atoms with van der Waals surface area (Å²) in [5.74, 6) is -0.891. The maximum atomic E-state index is 13.1. The Morgan fingerprint density at radius 3 is 2.41 bits per heavy atom. The monoisotopic (exact) mass is 297 g/mol. The predicted molar refractivity (Wildman–Crippen MR) is 81.1 cm³/mol. The fourth-order valence-electron chi connectivity index (χ4n) is 2.21. The molecule has 0 bridgehead atoms. The highest BCUT2D eigenvalue weighted by molar-refractivity contribution is 6.00. The SMILES string of the molecule is O=C(O)CNc1nnc(-c2ccc(F)cc2)c2ccccc12. The number of carboxylic acids is 1. The highest BCUT2D eigenvalue weighted by Gasteiger charge is 2.11. The smallest absolute Gasteiger partial charge is 0.322 e. The molecule has 0 spiro atoms. The number of hydrogen-bond acceptors (Lipinski definition) is 4. The van der Waals surface area contributed by atoms with E-state index in [2.05, 4.69) is 15.5 Å². The number of nitrogens with zero attached hydrogens (tertiary/aromatic N) is 2. The van der Waals surface area contributed by atoms with Crippen LogP contribution >= 0.6 is 0 Å². The van der Waals surface area contributed by atoms with Crippen molar-refractivity contribution in [3.8, 4) is 11.3 Å². The molecule has 110 valence electrons. The maximum Gasteiger partial charge on any atom is 0.322 e. The van der Waals surface area contributed by atoms with Crippen molar-refractivity contribution in [2.24, 2.45) is 0 Å². The molecule has 2 aromatic carbocycles. The molecule has 0 saturated heterocycles. The standard InChI is InChI=1S/C16H12FN3O2/c17-11-7-5-10(6-8-11)15-12-3-1-2-4-13(12)16(20-19-15)18-9-14(21)22/h1-8H,9H2,(H,18,20)(H,21,22). The van der Waals surface area contributed by atoms with Crippen LogP contribution in [0.1, 0.15) is 0 Å². The van der Waals surface area contributed by atoms with Gasteiger partial charge in [0, 0.05) is 16.3 Å². The van der Waals surface area contributed by atoms with Gasteiger partial charge in [-0.05, 0) is 24.3 Å². The zero-order valence-corrected chi connectivity index (χ0v) is 11.5. The van der Waals surface area contributed by atoms with E-state index in [9.17, 15) is 9.18 Å². The van der Waals surface area contributed by atoms with Gasteiger partial charge in [-0.3, -0.25) is 4.79 Å². The summed E-state index contributed by atoms with van der Waals surface area (Å²) in [7, 11) is 0. The van der Waals surface area contributed by atoms with Gasteiger partial charge < -0.3 is 10.4 Å². The molecule has 3 aromatic rings. The summed E-state index contributed by atoms with van der Waals surface area (Å²) in [6.07, 6.45) is 0. The minimum Gasteiger partial charge on any atom is -0.480 e. The molecule has 0 unspecified atom stereocenters. The van der Waals surface area contributed by atoms with Crippen molar-refractivity contribution in [3.05, 3.63) is 54.3 Å². The van der Waals surface area contributed by atoms with Crippen LogP contribution in [0.15, 0.2) is 48.5 Å². The molecule has 0 saturated carbocycles. The van der Waals surface area contributed by atoms with Gasteiger partial charge in [0.05, 0.1) is 0 Å². The number of hydrogen-bond donors (Lipinski definition) is 2. The van der Waals surface area contributed by atoms with Crippen molar-refractivity contribution in [2.75, 3.05) is 11.9 Å². The second-order valence-corrected chi connectivity index (χ2v) is 4.70. The van der Waals surface area contributed by atoms with E-state index in [-0.39, 0.29) is 12.4 Å². The third-order valence-corrected chi connectivity index (χ3v) is 3.21. The summed E-state index contributed by atoms with van der Waals surface area (Å²) in [6, 6.07) is 13.4. The number of carbonyl (C=O) groups is 1. The highest BCUT2D eigenvalue weighted by atomic mass is 19.1. The number of carboxylic acid groups (broad SMARTS) is 1. The number of benzene rings is 2. The third kappa shape index (κ3) is 2.71. The molecule has 1 aromatic heterocycles. The van der Waals surface area contributed by atoms with Gasteiger partial charge in [-0.25, -0.2) is 4.39 Å². The van der Waals surface area contributed by atoms with Crippen molar-refractivity contribution in [1.29, 1.82) is 0 Å². The first kappa shape index (κ1) is 13.9. The Bertz CT molecular complexity index is 834. The molecule has 22 heavy (non-hydrogen) atoms. The highest BCUT2D eigenvalue weighted by Crippen LogP contribution is 2.29. The summed E-state index contributed by atoms with van der Waals surface area (Å²) >= 11 is 0. The van der Waals surface area contributed by atoms with Crippen LogP contribution < -0.4 is 5.32 Å². The quantitative estimate of drug-likeness (QED) is 0.774. The second kappa shape index (κ2) is 5.77. The van der Waals surface area contributed by atoms with Crippen molar-refractivity contribution < 1.29 is 14.3 Å². The summed E-state index contributed by atoms with van der Waals surface area (Å²) in [5.41, 5.74) is 1.37. The average Bonchev–Trinajstić information content (AvgIpc) is 2.53. The van der Waals surface area contributed by atoms with Crippen LogP contribution in [0.5, 0.6) is 0 Å². The van der Waals surface area contributed by atoms with E-state index in [4.69, 9.17) is 5.11 Å². The summed E-state index contributed by atoms with van der Waals surface area (Å²) in [6.45, 7) is -0.241. The Labute approximate surface area is 125 Å². The van der Waals surface area contributed by atoms with Gasteiger partial charge in [-0.2, -0.15) is 0 Å². The number of aliphatic carboxylic acids is 1. The largest absolute Gasteiger partial charge is 0.480 e. The predicted octanol–water partition coefficient (Wildman–Crippen LogP) is 2.93. The Morgan fingerprint density at radius 2 is 1.73 bits per heavy atom. The lowest BCUT2D eigenvalue weighted by Crippen LogP contribution is -2.14. The molecule has 0 aliphatic rings.